The molecule has 5 nitrogen and oxygen atoms in total. The number of carboxylic acid groups (broad SMARTS) is 1. The number of aliphatic carboxylic acids is 1. The molecule has 17 heavy (non-hydrogen) atoms. The van der Waals surface area contributed by atoms with E-state index in [4.69, 9.17) is 5.73 Å². The zero-order valence-corrected chi connectivity index (χ0v) is 10.9. The minimum absolute atomic E-state index is 0.0350. The topological polar surface area (TPSA) is 83.6 Å². The predicted octanol–water partition coefficient (Wildman–Crippen LogP) is 0.631. The first-order valence-electron chi connectivity index (χ1n) is 5.83. The Bertz CT molecular complexity index is 359. The lowest BCUT2D eigenvalue weighted by Gasteiger charge is -2.29. The van der Waals surface area contributed by atoms with Gasteiger partial charge in [-0.05, 0) is 33.1 Å². The Hall–Kier alpha value is -0.750. The van der Waals surface area contributed by atoms with Gasteiger partial charge in [0.1, 0.15) is 6.04 Å². The summed E-state index contributed by atoms with van der Waals surface area (Å²) in [6, 6.07) is -1.31. The largest absolute Gasteiger partial charge is 0.480 e. The molecule has 96 valence electrons. The summed E-state index contributed by atoms with van der Waals surface area (Å²) in [5.41, 5.74) is 5.79. The van der Waals surface area contributed by atoms with Crippen LogP contribution in [0.2, 0.25) is 0 Å². The molecular weight excluding hydrogens is 240 g/mol. The molecule has 2 aliphatic heterocycles. The fourth-order valence-electron chi connectivity index (χ4n) is 2.68. The van der Waals surface area contributed by atoms with E-state index in [1.165, 1.54) is 4.90 Å². The standard InChI is InChI=1S/C11H18N2O3S/c1-11(2)8(10(15)16)13-7(17-11)5-3-4-6(12)9(13)14/h6-8H,3-5,12H2,1-2H3,(H,15,16)/t6-,7+,8+/m0/s1. The Labute approximate surface area is 105 Å². The molecule has 2 heterocycles. The summed E-state index contributed by atoms with van der Waals surface area (Å²) in [6.45, 7) is 3.76. The summed E-state index contributed by atoms with van der Waals surface area (Å²) in [5.74, 6) is -1.15. The highest BCUT2D eigenvalue weighted by Gasteiger charge is 2.54. The fraction of sp³-hybridized carbons (Fsp3) is 0.818. The molecule has 2 aliphatic rings. The van der Waals surface area contributed by atoms with Crippen molar-refractivity contribution in [3.8, 4) is 0 Å². The van der Waals surface area contributed by atoms with Gasteiger partial charge in [-0.25, -0.2) is 4.79 Å². The number of carboxylic acids is 1. The molecule has 2 rings (SSSR count). The van der Waals surface area contributed by atoms with E-state index in [1.807, 2.05) is 13.8 Å². The lowest BCUT2D eigenvalue weighted by molar-refractivity contribution is -0.151. The molecule has 2 saturated heterocycles. The second-order valence-corrected chi connectivity index (χ2v) is 7.03. The number of nitrogens with two attached hydrogens (primary N) is 1. The summed E-state index contributed by atoms with van der Waals surface area (Å²) in [6.07, 6.45) is 2.36. The smallest absolute Gasteiger partial charge is 0.327 e. The Kier molecular flexibility index (Phi) is 3.12. The van der Waals surface area contributed by atoms with E-state index >= 15 is 0 Å². The fourth-order valence-corrected chi connectivity index (χ4v) is 4.35. The summed E-state index contributed by atoms with van der Waals surface area (Å²) in [5, 5.41) is 9.30. The lowest BCUT2D eigenvalue weighted by atomic mass is 10.0. The van der Waals surface area contributed by atoms with Crippen molar-refractivity contribution in [1.82, 2.24) is 4.90 Å². The van der Waals surface area contributed by atoms with Gasteiger partial charge < -0.3 is 15.7 Å². The summed E-state index contributed by atoms with van der Waals surface area (Å²) >= 11 is 1.58. The van der Waals surface area contributed by atoms with Crippen molar-refractivity contribution in [2.24, 2.45) is 5.73 Å². The molecule has 6 heteroatoms. The average Bonchev–Trinajstić information content (AvgIpc) is 2.40. The normalized spacial score (nSPS) is 36.5. The van der Waals surface area contributed by atoms with E-state index in [2.05, 4.69) is 0 Å². The Morgan fingerprint density at radius 1 is 1.53 bits per heavy atom. The van der Waals surface area contributed by atoms with E-state index in [0.29, 0.717) is 6.42 Å². The molecule has 0 aromatic heterocycles. The van der Waals surface area contributed by atoms with Crippen LogP contribution in [0.3, 0.4) is 0 Å². The number of thioether (sulfide) groups is 1. The highest BCUT2D eigenvalue weighted by molar-refractivity contribution is 8.01. The SMILES string of the molecule is CC1(C)S[C@@H]2CCC[C@H](N)C(=O)N2[C@@H]1C(=O)O. The maximum Gasteiger partial charge on any atom is 0.327 e. The highest BCUT2D eigenvalue weighted by Crippen LogP contribution is 2.47. The van der Waals surface area contributed by atoms with Crippen LogP contribution in [0.5, 0.6) is 0 Å². The van der Waals surface area contributed by atoms with Crippen molar-refractivity contribution < 1.29 is 14.7 Å². The van der Waals surface area contributed by atoms with E-state index in [0.717, 1.165) is 12.8 Å². The van der Waals surface area contributed by atoms with Gasteiger partial charge in [0, 0.05) is 4.75 Å². The molecule has 3 N–H and O–H groups in total. The monoisotopic (exact) mass is 258 g/mol. The van der Waals surface area contributed by atoms with E-state index in [9.17, 15) is 14.7 Å². The molecule has 0 bridgehead atoms. The number of nitrogens with zero attached hydrogens (tertiary/aromatic N) is 1. The third-order valence-corrected chi connectivity index (χ3v) is 5.02. The van der Waals surface area contributed by atoms with Crippen molar-refractivity contribution in [3.63, 3.8) is 0 Å². The quantitative estimate of drug-likeness (QED) is 0.720. The second-order valence-electron chi connectivity index (χ2n) is 5.20. The number of amides is 1. The van der Waals surface area contributed by atoms with Crippen LogP contribution in [0.4, 0.5) is 0 Å². The van der Waals surface area contributed by atoms with Gasteiger partial charge in [0.2, 0.25) is 5.91 Å². The van der Waals surface area contributed by atoms with Crippen molar-refractivity contribution in [3.05, 3.63) is 0 Å². The predicted molar refractivity (Wildman–Crippen MR) is 65.6 cm³/mol. The van der Waals surface area contributed by atoms with Crippen LogP contribution >= 0.6 is 11.8 Å². The second kappa shape index (κ2) is 4.17. The van der Waals surface area contributed by atoms with Gasteiger partial charge in [-0.15, -0.1) is 11.8 Å². The first-order chi connectivity index (χ1) is 7.84. The maximum atomic E-state index is 12.2. The summed E-state index contributed by atoms with van der Waals surface area (Å²) in [4.78, 5) is 25.0. The maximum absolute atomic E-state index is 12.2. The Morgan fingerprint density at radius 3 is 2.76 bits per heavy atom. The van der Waals surface area contributed by atoms with Crippen LogP contribution in [-0.2, 0) is 9.59 Å². The van der Waals surface area contributed by atoms with Gasteiger partial charge in [-0.1, -0.05) is 0 Å². The van der Waals surface area contributed by atoms with E-state index in [1.54, 1.807) is 11.8 Å². The third kappa shape index (κ3) is 2.04. The number of hydrogen-bond acceptors (Lipinski definition) is 4. The number of hydrogen-bond donors (Lipinski definition) is 2. The van der Waals surface area contributed by atoms with Crippen molar-refractivity contribution >= 4 is 23.6 Å². The number of rotatable bonds is 1. The van der Waals surface area contributed by atoms with Crippen LogP contribution < -0.4 is 5.73 Å². The molecule has 0 radical (unpaired) electrons. The van der Waals surface area contributed by atoms with Gasteiger partial charge >= 0.3 is 5.97 Å². The summed E-state index contributed by atoms with van der Waals surface area (Å²) < 4.78 is -0.455. The van der Waals surface area contributed by atoms with Gasteiger partial charge in [0.05, 0.1) is 11.4 Å². The molecule has 0 unspecified atom stereocenters. The van der Waals surface area contributed by atoms with E-state index < -0.39 is 22.8 Å². The zero-order valence-electron chi connectivity index (χ0n) is 10.0. The minimum atomic E-state index is -0.938. The van der Waals surface area contributed by atoms with Crippen molar-refractivity contribution in [1.29, 1.82) is 0 Å². The summed E-state index contributed by atoms with van der Waals surface area (Å²) in [7, 11) is 0. The van der Waals surface area contributed by atoms with Crippen molar-refractivity contribution in [2.75, 3.05) is 0 Å². The zero-order chi connectivity index (χ0) is 12.8. The van der Waals surface area contributed by atoms with Crippen LogP contribution in [-0.4, -0.2) is 44.1 Å². The molecule has 0 aliphatic carbocycles. The molecular formula is C11H18N2O3S. The first kappa shape index (κ1) is 12.7. The van der Waals surface area contributed by atoms with Crippen LogP contribution in [0.15, 0.2) is 0 Å². The van der Waals surface area contributed by atoms with Crippen LogP contribution in [0, 0.1) is 0 Å². The average molecular weight is 258 g/mol. The lowest BCUT2D eigenvalue weighted by Crippen LogP contribution is -2.54. The Morgan fingerprint density at radius 2 is 2.18 bits per heavy atom. The molecule has 0 spiro atoms. The first-order valence-corrected chi connectivity index (χ1v) is 6.71. The van der Waals surface area contributed by atoms with Crippen LogP contribution in [0.25, 0.3) is 0 Å². The van der Waals surface area contributed by atoms with Gasteiger partial charge in [-0.3, -0.25) is 4.79 Å². The minimum Gasteiger partial charge on any atom is -0.480 e. The molecule has 1 amide bonds. The Balaban J connectivity index is 2.37. The molecule has 0 aromatic rings. The molecule has 2 fully saturated rings. The molecule has 0 saturated carbocycles. The third-order valence-electron chi connectivity index (χ3n) is 3.46. The van der Waals surface area contributed by atoms with Crippen molar-refractivity contribution in [2.45, 2.75) is 55.3 Å². The van der Waals surface area contributed by atoms with Gasteiger partial charge in [-0.2, -0.15) is 0 Å². The van der Waals surface area contributed by atoms with E-state index in [-0.39, 0.29) is 11.3 Å². The van der Waals surface area contributed by atoms with Gasteiger partial charge in [0.15, 0.2) is 0 Å². The number of carbonyl (C=O) groups excluding carboxylic acids is 1. The highest BCUT2D eigenvalue weighted by atomic mass is 32.2. The molecule has 3 atom stereocenters. The number of carbonyl (C=O) groups is 2. The molecule has 0 aromatic carbocycles. The van der Waals surface area contributed by atoms with Gasteiger partial charge in [0.25, 0.3) is 0 Å². The van der Waals surface area contributed by atoms with Crippen LogP contribution in [0.1, 0.15) is 33.1 Å². The number of fused-ring (bicyclic) bond motifs is 1.